The first-order valence-electron chi connectivity index (χ1n) is 6.49. The summed E-state index contributed by atoms with van der Waals surface area (Å²) in [5, 5.41) is 13.9. The largest absolute Gasteiger partial charge is 0.340 e. The molecule has 0 N–H and O–H groups in total. The highest BCUT2D eigenvalue weighted by Gasteiger charge is 2.11. The number of aromatic nitrogens is 3. The molecule has 100 valence electrons. The third kappa shape index (κ3) is 2.16. The number of hydrogen-bond donors (Lipinski definition) is 0. The quantitative estimate of drug-likeness (QED) is 0.730. The molecule has 2 aromatic heterocycles. The van der Waals surface area contributed by atoms with Crippen molar-refractivity contribution in [2.24, 2.45) is 0 Å². The second-order valence-corrected chi connectivity index (χ2v) is 5.03. The number of nitriles is 1. The molecule has 2 heterocycles. The first kappa shape index (κ1) is 12.4. The molecule has 20 heavy (non-hydrogen) atoms. The van der Waals surface area contributed by atoms with Gasteiger partial charge in [-0.15, -0.1) is 0 Å². The van der Waals surface area contributed by atoms with E-state index in [0.717, 1.165) is 10.9 Å². The van der Waals surface area contributed by atoms with E-state index in [9.17, 15) is 0 Å². The molecule has 5 nitrogen and oxygen atoms in total. The normalized spacial score (nSPS) is 11.1. The maximum absolute atomic E-state index is 8.90. The maximum Gasteiger partial charge on any atom is 0.229 e. The molecule has 0 fully saturated rings. The molecule has 0 aliphatic heterocycles. The van der Waals surface area contributed by atoms with Crippen molar-refractivity contribution in [3.63, 3.8) is 0 Å². The third-order valence-corrected chi connectivity index (χ3v) is 3.19. The van der Waals surface area contributed by atoms with Gasteiger partial charge in [0.05, 0.1) is 18.2 Å². The number of fused-ring (bicyclic) bond motifs is 1. The number of benzene rings is 1. The van der Waals surface area contributed by atoms with Crippen LogP contribution in [0.15, 0.2) is 35.0 Å². The Morgan fingerprint density at radius 2 is 2.20 bits per heavy atom. The third-order valence-electron chi connectivity index (χ3n) is 3.19. The van der Waals surface area contributed by atoms with E-state index in [1.54, 1.807) is 0 Å². The van der Waals surface area contributed by atoms with Crippen molar-refractivity contribution in [2.45, 2.75) is 26.3 Å². The van der Waals surface area contributed by atoms with Crippen molar-refractivity contribution in [2.75, 3.05) is 0 Å². The maximum atomic E-state index is 8.90. The lowest BCUT2D eigenvalue weighted by Gasteiger charge is -2.01. The van der Waals surface area contributed by atoms with Crippen molar-refractivity contribution in [1.82, 2.24) is 14.7 Å². The molecule has 0 radical (unpaired) electrons. The van der Waals surface area contributed by atoms with Crippen molar-refractivity contribution in [3.8, 4) is 6.07 Å². The minimum atomic E-state index is 0.232. The summed E-state index contributed by atoms with van der Waals surface area (Å²) in [5.74, 6) is 1.55. The monoisotopic (exact) mass is 266 g/mol. The van der Waals surface area contributed by atoms with Gasteiger partial charge < -0.3 is 9.09 Å². The highest BCUT2D eigenvalue weighted by Crippen LogP contribution is 2.19. The van der Waals surface area contributed by atoms with Gasteiger partial charge in [0.25, 0.3) is 0 Å². The molecule has 3 aromatic rings. The van der Waals surface area contributed by atoms with Crippen molar-refractivity contribution in [1.29, 1.82) is 5.26 Å². The lowest BCUT2D eigenvalue weighted by molar-refractivity contribution is 0.360. The molecule has 0 bridgehead atoms. The molecular formula is C15H14N4O. The van der Waals surface area contributed by atoms with E-state index in [4.69, 9.17) is 9.78 Å². The fraction of sp³-hybridized carbons (Fsp3) is 0.267. The Balaban J connectivity index is 1.92. The molecule has 0 saturated heterocycles. The number of hydrogen-bond acceptors (Lipinski definition) is 4. The second-order valence-electron chi connectivity index (χ2n) is 5.03. The Morgan fingerprint density at radius 1 is 1.35 bits per heavy atom. The van der Waals surface area contributed by atoms with Gasteiger partial charge in [-0.2, -0.15) is 10.2 Å². The Hall–Kier alpha value is -2.61. The summed E-state index contributed by atoms with van der Waals surface area (Å²) in [6, 6.07) is 9.76. The minimum absolute atomic E-state index is 0.232. The van der Waals surface area contributed by atoms with Gasteiger partial charge in [0, 0.05) is 23.0 Å². The molecule has 0 unspecified atom stereocenters. The van der Waals surface area contributed by atoms with Crippen LogP contribution in [0.25, 0.3) is 10.9 Å². The van der Waals surface area contributed by atoms with E-state index in [-0.39, 0.29) is 5.92 Å². The van der Waals surface area contributed by atoms with Gasteiger partial charge in [-0.1, -0.05) is 19.0 Å². The molecule has 1 aromatic carbocycles. The van der Waals surface area contributed by atoms with Crippen molar-refractivity contribution < 1.29 is 4.52 Å². The van der Waals surface area contributed by atoms with Crippen LogP contribution in [0.1, 0.15) is 37.0 Å². The van der Waals surface area contributed by atoms with E-state index in [1.807, 2.05) is 48.9 Å². The summed E-state index contributed by atoms with van der Waals surface area (Å²) in [7, 11) is 0. The lowest BCUT2D eigenvalue weighted by Crippen LogP contribution is -2.00. The van der Waals surface area contributed by atoms with Crippen LogP contribution in [-0.2, 0) is 6.54 Å². The smallest absolute Gasteiger partial charge is 0.229 e. The fourth-order valence-electron chi connectivity index (χ4n) is 2.13. The molecule has 0 aliphatic rings. The van der Waals surface area contributed by atoms with Gasteiger partial charge in [0.15, 0.2) is 5.82 Å². The van der Waals surface area contributed by atoms with Crippen molar-refractivity contribution in [3.05, 3.63) is 47.7 Å². The van der Waals surface area contributed by atoms with E-state index < -0.39 is 0 Å². The van der Waals surface area contributed by atoms with Crippen LogP contribution in [0.3, 0.4) is 0 Å². The van der Waals surface area contributed by atoms with E-state index >= 15 is 0 Å². The Bertz CT molecular complexity index is 792. The van der Waals surface area contributed by atoms with Crippen LogP contribution in [0, 0.1) is 11.3 Å². The molecular weight excluding hydrogens is 252 g/mol. The minimum Gasteiger partial charge on any atom is -0.340 e. The van der Waals surface area contributed by atoms with Gasteiger partial charge in [0.1, 0.15) is 0 Å². The highest BCUT2D eigenvalue weighted by atomic mass is 16.5. The molecule has 0 saturated carbocycles. The topological polar surface area (TPSA) is 67.6 Å². The zero-order valence-corrected chi connectivity index (χ0v) is 11.4. The van der Waals surface area contributed by atoms with Crippen LogP contribution < -0.4 is 0 Å². The van der Waals surface area contributed by atoms with Crippen LogP contribution >= 0.6 is 0 Å². The van der Waals surface area contributed by atoms with Crippen LogP contribution in [0.5, 0.6) is 0 Å². The molecule has 0 spiro atoms. The van der Waals surface area contributed by atoms with Gasteiger partial charge in [-0.25, -0.2) is 0 Å². The first-order chi connectivity index (χ1) is 9.67. The molecule has 0 atom stereocenters. The van der Waals surface area contributed by atoms with E-state index in [0.29, 0.717) is 23.8 Å². The average molecular weight is 266 g/mol. The van der Waals surface area contributed by atoms with Crippen molar-refractivity contribution >= 4 is 10.9 Å². The second kappa shape index (κ2) is 4.82. The van der Waals surface area contributed by atoms with Gasteiger partial charge in [0.2, 0.25) is 5.89 Å². The van der Waals surface area contributed by atoms with Gasteiger partial charge in [-0.3, -0.25) is 0 Å². The summed E-state index contributed by atoms with van der Waals surface area (Å²) >= 11 is 0. The number of nitrogens with zero attached hydrogens (tertiary/aromatic N) is 4. The van der Waals surface area contributed by atoms with Crippen LogP contribution in [0.4, 0.5) is 0 Å². The molecule has 3 rings (SSSR count). The SMILES string of the molecule is CC(C)c1nc(Cn2ccc3cc(C#N)ccc32)no1. The Morgan fingerprint density at radius 3 is 2.90 bits per heavy atom. The van der Waals surface area contributed by atoms with Gasteiger partial charge >= 0.3 is 0 Å². The Labute approximate surface area is 116 Å². The number of rotatable bonds is 3. The zero-order chi connectivity index (χ0) is 14.1. The van der Waals surface area contributed by atoms with Crippen LogP contribution in [-0.4, -0.2) is 14.7 Å². The molecule has 0 amide bonds. The summed E-state index contributed by atoms with van der Waals surface area (Å²) < 4.78 is 7.25. The summed E-state index contributed by atoms with van der Waals surface area (Å²) in [5.41, 5.74) is 1.72. The predicted molar refractivity (Wildman–Crippen MR) is 74.1 cm³/mol. The fourth-order valence-corrected chi connectivity index (χ4v) is 2.13. The molecule has 0 aliphatic carbocycles. The average Bonchev–Trinajstić information content (AvgIpc) is 3.06. The summed E-state index contributed by atoms with van der Waals surface area (Å²) in [6.45, 7) is 4.60. The van der Waals surface area contributed by atoms with Gasteiger partial charge in [-0.05, 0) is 24.3 Å². The van der Waals surface area contributed by atoms with Crippen LogP contribution in [0.2, 0.25) is 0 Å². The first-order valence-corrected chi connectivity index (χ1v) is 6.49. The summed E-state index contributed by atoms with van der Waals surface area (Å²) in [6.07, 6.45) is 1.97. The van der Waals surface area contributed by atoms with E-state index in [1.165, 1.54) is 0 Å². The standard InChI is InChI=1S/C15H14N4O/c1-10(2)15-17-14(18-20-15)9-19-6-5-12-7-11(8-16)3-4-13(12)19/h3-7,10H,9H2,1-2H3. The lowest BCUT2D eigenvalue weighted by atomic mass is 10.2. The highest BCUT2D eigenvalue weighted by molar-refractivity contribution is 5.81. The molecule has 5 heteroatoms. The predicted octanol–water partition coefficient (Wildman–Crippen LogP) is 3.07. The summed E-state index contributed by atoms with van der Waals surface area (Å²) in [4.78, 5) is 4.37. The zero-order valence-electron chi connectivity index (χ0n) is 11.4. The Kier molecular flexibility index (Phi) is 2.99. The van der Waals surface area contributed by atoms with E-state index in [2.05, 4.69) is 16.2 Å².